The first-order valence-electron chi connectivity index (χ1n) is 6.32. The highest BCUT2D eigenvalue weighted by molar-refractivity contribution is 6.67. The van der Waals surface area contributed by atoms with E-state index in [1.54, 1.807) is 0 Å². The molecule has 0 aliphatic carbocycles. The molecule has 0 bridgehead atoms. The summed E-state index contributed by atoms with van der Waals surface area (Å²) < 4.78 is 9.43. The quantitative estimate of drug-likeness (QED) is 0.318. The van der Waals surface area contributed by atoms with Gasteiger partial charge in [0.15, 0.2) is 0 Å². The van der Waals surface area contributed by atoms with E-state index in [0.29, 0.717) is 13.2 Å². The largest absolute Gasteiger partial charge is 0.349 e. The van der Waals surface area contributed by atoms with Crippen LogP contribution in [0.4, 0.5) is 0 Å². The van der Waals surface area contributed by atoms with Crippen molar-refractivity contribution in [3.8, 4) is 0 Å². The molecule has 2 nitrogen and oxygen atoms in total. The third kappa shape index (κ3) is 10.4. The Balaban J connectivity index is 3.81. The molecule has 0 spiro atoms. The van der Waals surface area contributed by atoms with Crippen molar-refractivity contribution in [1.29, 1.82) is 0 Å². The number of hydrogen-bond acceptors (Lipinski definition) is 2. The van der Waals surface area contributed by atoms with Gasteiger partial charge in [-0.1, -0.05) is 74.3 Å². The van der Waals surface area contributed by atoms with Crippen LogP contribution in [-0.4, -0.2) is 23.3 Å². The van der Waals surface area contributed by atoms with E-state index in [0.717, 1.165) is 38.5 Å². The molecule has 0 unspecified atom stereocenters. The normalized spacial score (nSPS) is 12.4. The highest BCUT2D eigenvalue weighted by Crippen LogP contribution is 2.33. The lowest BCUT2D eigenvalue weighted by Crippen LogP contribution is -2.32. The monoisotopic (exact) mass is 304 g/mol. The molecule has 0 amide bonds. The molecule has 0 aliphatic heterocycles. The summed E-state index contributed by atoms with van der Waals surface area (Å²) in [5, 5.41) is 0. The van der Waals surface area contributed by atoms with Gasteiger partial charge in [0.05, 0.1) is 0 Å². The van der Waals surface area contributed by atoms with Gasteiger partial charge in [-0.05, 0) is 12.8 Å². The highest BCUT2D eigenvalue weighted by Gasteiger charge is 2.34. The molecular formula is C12H23Cl3O2. The van der Waals surface area contributed by atoms with Crippen molar-refractivity contribution in [2.75, 3.05) is 13.2 Å². The molecule has 0 aromatic heterocycles. The topological polar surface area (TPSA) is 18.5 Å². The van der Waals surface area contributed by atoms with Gasteiger partial charge in [0, 0.05) is 13.2 Å². The lowest BCUT2D eigenvalue weighted by Gasteiger charge is -2.24. The average molecular weight is 306 g/mol. The molecule has 0 fully saturated rings. The van der Waals surface area contributed by atoms with Gasteiger partial charge in [0.1, 0.15) is 0 Å². The molecule has 104 valence electrons. The summed E-state index contributed by atoms with van der Waals surface area (Å²) in [4.78, 5) is 0. The van der Waals surface area contributed by atoms with E-state index in [2.05, 4.69) is 13.8 Å². The molecule has 0 saturated carbocycles. The van der Waals surface area contributed by atoms with Crippen molar-refractivity contribution in [3.05, 3.63) is 0 Å². The van der Waals surface area contributed by atoms with Crippen LogP contribution in [0.15, 0.2) is 0 Å². The molecule has 0 heterocycles. The fraction of sp³-hybridized carbons (Fsp3) is 1.00. The first kappa shape index (κ1) is 17.8. The fourth-order valence-electron chi connectivity index (χ4n) is 1.32. The Kier molecular flexibility index (Phi) is 11.2. The third-order valence-corrected chi connectivity index (χ3v) is 2.84. The molecule has 0 rings (SSSR count). The molecule has 0 aliphatic rings. The Labute approximate surface area is 120 Å². The summed E-state index contributed by atoms with van der Waals surface area (Å²) in [7, 11) is 0. The van der Waals surface area contributed by atoms with Crippen molar-refractivity contribution in [2.24, 2.45) is 0 Å². The van der Waals surface area contributed by atoms with E-state index >= 15 is 0 Å². The van der Waals surface area contributed by atoms with Gasteiger partial charge in [0.25, 0.3) is 0 Å². The van der Waals surface area contributed by atoms with Crippen LogP contribution < -0.4 is 0 Å². The zero-order valence-corrected chi connectivity index (χ0v) is 13.0. The summed E-state index contributed by atoms with van der Waals surface area (Å²) in [5.41, 5.74) is 0. The van der Waals surface area contributed by atoms with Crippen molar-refractivity contribution in [1.82, 2.24) is 0 Å². The second kappa shape index (κ2) is 10.7. The van der Waals surface area contributed by atoms with Crippen LogP contribution in [0.2, 0.25) is 0 Å². The van der Waals surface area contributed by atoms with Gasteiger partial charge in [-0.2, -0.15) is 0 Å². The second-order valence-electron chi connectivity index (χ2n) is 4.03. The predicted octanol–water partition coefficient (Wildman–Crippen LogP) is 5.10. The van der Waals surface area contributed by atoms with Gasteiger partial charge >= 0.3 is 0 Å². The molecule has 17 heavy (non-hydrogen) atoms. The van der Waals surface area contributed by atoms with Crippen LogP contribution in [0.1, 0.15) is 52.4 Å². The molecule has 0 saturated heterocycles. The standard InChI is InChI=1S/C12H23Cl3O2/c1-3-5-7-9-16-11(12(13,14)15)17-10-8-6-4-2/h11H,3-10H2,1-2H3. The summed E-state index contributed by atoms with van der Waals surface area (Å²) in [6, 6.07) is 0. The van der Waals surface area contributed by atoms with Gasteiger partial charge in [-0.3, -0.25) is 0 Å². The van der Waals surface area contributed by atoms with Crippen LogP contribution in [0, 0.1) is 0 Å². The van der Waals surface area contributed by atoms with Crippen LogP contribution in [0.3, 0.4) is 0 Å². The number of ether oxygens (including phenoxy) is 2. The van der Waals surface area contributed by atoms with Gasteiger partial charge in [-0.25, -0.2) is 0 Å². The molecule has 0 aromatic rings. The van der Waals surface area contributed by atoms with Crippen LogP contribution in [0.5, 0.6) is 0 Å². The summed E-state index contributed by atoms with van der Waals surface area (Å²) in [6.07, 6.45) is 5.67. The second-order valence-corrected chi connectivity index (χ2v) is 6.40. The molecule has 0 aromatic carbocycles. The Hall–Kier alpha value is 0.790. The Morgan fingerprint density at radius 3 is 1.53 bits per heavy atom. The number of halogens is 3. The van der Waals surface area contributed by atoms with Crippen LogP contribution in [0.25, 0.3) is 0 Å². The number of alkyl halides is 3. The van der Waals surface area contributed by atoms with E-state index in [9.17, 15) is 0 Å². The Morgan fingerprint density at radius 1 is 0.824 bits per heavy atom. The molecule has 5 heteroatoms. The van der Waals surface area contributed by atoms with Gasteiger partial charge in [-0.15, -0.1) is 0 Å². The first-order chi connectivity index (χ1) is 8.02. The van der Waals surface area contributed by atoms with Gasteiger partial charge in [0.2, 0.25) is 10.1 Å². The lowest BCUT2D eigenvalue weighted by atomic mass is 10.3. The van der Waals surface area contributed by atoms with E-state index in [-0.39, 0.29) is 0 Å². The number of rotatable bonds is 10. The maximum Gasteiger partial charge on any atom is 0.240 e. The number of hydrogen-bond donors (Lipinski definition) is 0. The average Bonchev–Trinajstić information content (AvgIpc) is 2.25. The predicted molar refractivity (Wildman–Crippen MR) is 75.0 cm³/mol. The molecule has 0 atom stereocenters. The zero-order valence-electron chi connectivity index (χ0n) is 10.7. The Bertz CT molecular complexity index is 160. The number of unbranched alkanes of at least 4 members (excludes halogenated alkanes) is 4. The first-order valence-corrected chi connectivity index (χ1v) is 7.45. The maximum absolute atomic E-state index is 5.81. The van der Waals surface area contributed by atoms with E-state index < -0.39 is 10.1 Å². The van der Waals surface area contributed by atoms with E-state index in [1.807, 2.05) is 0 Å². The SMILES string of the molecule is CCCCCOC(OCCCCC)C(Cl)(Cl)Cl. The van der Waals surface area contributed by atoms with Crippen molar-refractivity contribution in [2.45, 2.75) is 62.5 Å². The maximum atomic E-state index is 5.81. The summed E-state index contributed by atoms with van der Waals surface area (Å²) in [6.45, 7) is 5.40. The van der Waals surface area contributed by atoms with E-state index in [4.69, 9.17) is 44.3 Å². The minimum Gasteiger partial charge on any atom is -0.349 e. The van der Waals surface area contributed by atoms with Crippen LogP contribution >= 0.6 is 34.8 Å². The van der Waals surface area contributed by atoms with Crippen molar-refractivity contribution in [3.63, 3.8) is 0 Å². The summed E-state index contributed by atoms with van der Waals surface area (Å²) >= 11 is 17.4. The Morgan fingerprint density at radius 2 is 1.24 bits per heavy atom. The molecule has 0 N–H and O–H groups in total. The minimum atomic E-state index is -1.52. The van der Waals surface area contributed by atoms with Crippen molar-refractivity contribution < 1.29 is 9.47 Å². The smallest absolute Gasteiger partial charge is 0.240 e. The highest BCUT2D eigenvalue weighted by atomic mass is 35.6. The van der Waals surface area contributed by atoms with Crippen LogP contribution in [-0.2, 0) is 9.47 Å². The molecular weight excluding hydrogens is 282 g/mol. The fourth-order valence-corrected chi connectivity index (χ4v) is 1.70. The molecule has 0 radical (unpaired) electrons. The zero-order chi connectivity index (χ0) is 13.1. The lowest BCUT2D eigenvalue weighted by molar-refractivity contribution is -0.140. The summed E-state index contributed by atoms with van der Waals surface area (Å²) in [5.74, 6) is 0. The third-order valence-electron chi connectivity index (χ3n) is 2.30. The minimum absolute atomic E-state index is 0.570. The van der Waals surface area contributed by atoms with Gasteiger partial charge < -0.3 is 9.47 Å². The van der Waals surface area contributed by atoms with E-state index in [1.165, 1.54) is 0 Å². The van der Waals surface area contributed by atoms with Crippen molar-refractivity contribution >= 4 is 34.8 Å².